The van der Waals surface area contributed by atoms with Crippen molar-refractivity contribution in [2.45, 2.75) is 77.4 Å². The highest BCUT2D eigenvalue weighted by molar-refractivity contribution is 6.99. The monoisotopic (exact) mass is 456 g/mol. The van der Waals surface area contributed by atoms with Crippen LogP contribution in [0.5, 0.6) is 0 Å². The highest BCUT2D eigenvalue weighted by atomic mass is 28.4. The highest BCUT2D eigenvalue weighted by Gasteiger charge is 2.51. The lowest BCUT2D eigenvalue weighted by atomic mass is 10.1. The van der Waals surface area contributed by atoms with E-state index in [0.717, 1.165) is 0 Å². The Bertz CT molecular complexity index is 784. The van der Waals surface area contributed by atoms with Gasteiger partial charge in [-0.25, -0.2) is 0 Å². The maximum atomic E-state index is 10.7. The van der Waals surface area contributed by atoms with Crippen molar-refractivity contribution in [2.24, 2.45) is 0 Å². The molecule has 0 aliphatic rings. The molecule has 0 unspecified atom stereocenters. The summed E-state index contributed by atoms with van der Waals surface area (Å²) in [7, 11) is -4.33. The summed E-state index contributed by atoms with van der Waals surface area (Å²) < 4.78 is 13.0. The van der Waals surface area contributed by atoms with Gasteiger partial charge < -0.3 is 14.0 Å². The van der Waals surface area contributed by atoms with Crippen LogP contribution in [0.3, 0.4) is 0 Å². The fourth-order valence-corrected chi connectivity index (χ4v) is 9.91. The second-order valence-electron chi connectivity index (χ2n) is 10.4. The van der Waals surface area contributed by atoms with Crippen molar-refractivity contribution in [1.29, 1.82) is 0 Å². The van der Waals surface area contributed by atoms with Crippen LogP contribution in [0.4, 0.5) is 0 Å². The largest absolute Gasteiger partial charge is 0.548 e. The van der Waals surface area contributed by atoms with Crippen LogP contribution < -0.4 is 10.4 Å². The standard InChI is InChI=1S/C26H40O3Si2/c1-21(28-30(6,7)8)19-23(27)20-22(2)29-31(26(3,4)5,24-15-11-9-12-16-24)25-17-13-10-14-18-25/h9-18,22-23,27H,1,19-20H2,2-8H3/t22-,23-/m0/s1. The van der Waals surface area contributed by atoms with Gasteiger partial charge in [0.2, 0.25) is 8.32 Å². The van der Waals surface area contributed by atoms with Crippen molar-refractivity contribution in [3.63, 3.8) is 0 Å². The molecular formula is C26H40O3Si2. The number of hydrogen-bond donors (Lipinski definition) is 1. The number of aliphatic hydroxyl groups is 1. The van der Waals surface area contributed by atoms with Crippen LogP contribution in [0.15, 0.2) is 73.0 Å². The molecule has 0 aromatic heterocycles. The average Bonchev–Trinajstić information content (AvgIpc) is 2.64. The zero-order valence-corrected chi connectivity index (χ0v) is 22.3. The predicted molar refractivity (Wildman–Crippen MR) is 137 cm³/mol. The lowest BCUT2D eigenvalue weighted by Crippen LogP contribution is -2.67. The first-order chi connectivity index (χ1) is 14.3. The summed E-state index contributed by atoms with van der Waals surface area (Å²) in [5.74, 6) is 0.671. The van der Waals surface area contributed by atoms with Crippen molar-refractivity contribution >= 4 is 27.0 Å². The molecule has 0 radical (unpaired) electrons. The zero-order valence-electron chi connectivity index (χ0n) is 20.3. The molecule has 5 heteroatoms. The van der Waals surface area contributed by atoms with Gasteiger partial charge in [-0.15, -0.1) is 0 Å². The third-order valence-electron chi connectivity index (χ3n) is 5.31. The molecule has 0 saturated carbocycles. The molecule has 0 bridgehead atoms. The molecule has 0 aliphatic carbocycles. The van der Waals surface area contributed by atoms with Gasteiger partial charge in [0.05, 0.1) is 11.9 Å². The summed E-state index contributed by atoms with van der Waals surface area (Å²) in [4.78, 5) is 0. The molecule has 0 amide bonds. The van der Waals surface area contributed by atoms with Gasteiger partial charge in [-0.2, -0.15) is 0 Å². The fourth-order valence-electron chi connectivity index (χ4n) is 4.25. The van der Waals surface area contributed by atoms with E-state index >= 15 is 0 Å². The van der Waals surface area contributed by atoms with Crippen LogP contribution in [0.1, 0.15) is 40.5 Å². The number of benzene rings is 2. The van der Waals surface area contributed by atoms with Gasteiger partial charge in [-0.1, -0.05) is 88.0 Å². The van der Waals surface area contributed by atoms with Crippen LogP contribution in [-0.2, 0) is 8.85 Å². The summed E-state index contributed by atoms with van der Waals surface area (Å²) in [6, 6.07) is 21.2. The maximum Gasteiger partial charge on any atom is 0.261 e. The third kappa shape index (κ3) is 6.91. The Kier molecular flexibility index (Phi) is 8.50. The van der Waals surface area contributed by atoms with Gasteiger partial charge in [0.15, 0.2) is 0 Å². The maximum absolute atomic E-state index is 10.7. The van der Waals surface area contributed by atoms with Gasteiger partial charge in [-0.3, -0.25) is 0 Å². The molecule has 2 aromatic rings. The number of rotatable bonds is 10. The Hall–Kier alpha value is -1.67. The summed E-state index contributed by atoms with van der Waals surface area (Å²) in [5, 5.41) is 13.2. The Morgan fingerprint density at radius 3 is 1.77 bits per heavy atom. The van der Waals surface area contributed by atoms with Gasteiger partial charge in [0.1, 0.15) is 0 Å². The molecule has 1 N–H and O–H groups in total. The van der Waals surface area contributed by atoms with E-state index in [0.29, 0.717) is 18.6 Å². The van der Waals surface area contributed by atoms with Crippen molar-refractivity contribution in [3.8, 4) is 0 Å². The Morgan fingerprint density at radius 2 is 1.39 bits per heavy atom. The second kappa shape index (κ2) is 10.3. The smallest absolute Gasteiger partial charge is 0.261 e. The average molecular weight is 457 g/mol. The Labute approximate surface area is 191 Å². The molecule has 170 valence electrons. The summed E-state index contributed by atoms with van der Waals surface area (Å²) >= 11 is 0. The van der Waals surface area contributed by atoms with Crippen molar-refractivity contribution in [1.82, 2.24) is 0 Å². The van der Waals surface area contributed by atoms with Gasteiger partial charge in [-0.05, 0) is 48.4 Å². The minimum atomic E-state index is -2.62. The van der Waals surface area contributed by atoms with E-state index in [1.165, 1.54) is 10.4 Å². The van der Waals surface area contributed by atoms with Crippen LogP contribution in [0, 0.1) is 0 Å². The first-order valence-electron chi connectivity index (χ1n) is 11.2. The molecule has 2 atom stereocenters. The number of aliphatic hydroxyl groups excluding tert-OH is 1. The summed E-state index contributed by atoms with van der Waals surface area (Å²) in [6.45, 7) is 19.3. The van der Waals surface area contributed by atoms with Crippen LogP contribution in [0.25, 0.3) is 0 Å². The topological polar surface area (TPSA) is 38.7 Å². The van der Waals surface area contributed by atoms with Crippen molar-refractivity contribution < 1.29 is 14.0 Å². The second-order valence-corrected chi connectivity index (χ2v) is 19.1. The van der Waals surface area contributed by atoms with Crippen molar-refractivity contribution in [2.75, 3.05) is 0 Å². The first kappa shape index (κ1) is 25.6. The molecule has 0 aliphatic heterocycles. The molecule has 2 rings (SSSR count). The molecule has 0 heterocycles. The van der Waals surface area contributed by atoms with Crippen molar-refractivity contribution in [3.05, 3.63) is 73.0 Å². The third-order valence-corrected chi connectivity index (χ3v) is 11.4. The van der Waals surface area contributed by atoms with E-state index in [9.17, 15) is 5.11 Å². The molecular weight excluding hydrogens is 416 g/mol. The minimum absolute atomic E-state index is 0.0839. The van der Waals surface area contributed by atoms with Gasteiger partial charge in [0, 0.05) is 12.5 Å². The lowest BCUT2D eigenvalue weighted by Gasteiger charge is -2.45. The molecule has 0 saturated heterocycles. The SMILES string of the molecule is C=C(C[C@H](O)C[C@H](C)O[Si](c1ccccc1)(c1ccccc1)C(C)(C)C)O[Si](C)(C)C. The minimum Gasteiger partial charge on any atom is -0.548 e. The Morgan fingerprint density at radius 1 is 0.935 bits per heavy atom. The quantitative estimate of drug-likeness (QED) is 0.381. The molecule has 31 heavy (non-hydrogen) atoms. The summed E-state index contributed by atoms with van der Waals surface area (Å²) in [6.07, 6.45) is 0.329. The first-order valence-corrected chi connectivity index (χ1v) is 16.5. The molecule has 0 spiro atoms. The van der Waals surface area contributed by atoms with E-state index in [-0.39, 0.29) is 11.1 Å². The number of hydrogen-bond acceptors (Lipinski definition) is 3. The Balaban J connectivity index is 2.31. The molecule has 0 fully saturated rings. The molecule has 3 nitrogen and oxygen atoms in total. The van der Waals surface area contributed by atoms with Gasteiger partial charge in [0.25, 0.3) is 8.32 Å². The van der Waals surface area contributed by atoms with E-state index in [4.69, 9.17) is 8.85 Å². The highest BCUT2D eigenvalue weighted by Crippen LogP contribution is 2.38. The zero-order chi connectivity index (χ0) is 23.3. The van der Waals surface area contributed by atoms with Crippen LogP contribution >= 0.6 is 0 Å². The van der Waals surface area contributed by atoms with E-state index in [1.807, 2.05) is 12.1 Å². The van der Waals surface area contributed by atoms with Gasteiger partial charge >= 0.3 is 0 Å². The predicted octanol–water partition coefficient (Wildman–Crippen LogP) is 5.46. The fraction of sp³-hybridized carbons (Fsp3) is 0.462. The van der Waals surface area contributed by atoms with Crippen LogP contribution in [0.2, 0.25) is 24.7 Å². The lowest BCUT2D eigenvalue weighted by molar-refractivity contribution is 0.0916. The normalized spacial score (nSPS) is 14.7. The van der Waals surface area contributed by atoms with E-state index in [2.05, 4.69) is 102 Å². The summed E-state index contributed by atoms with van der Waals surface area (Å²) in [5.41, 5.74) is 0. The van der Waals surface area contributed by atoms with E-state index in [1.54, 1.807) is 0 Å². The van der Waals surface area contributed by atoms with Crippen LogP contribution in [-0.4, -0.2) is 33.9 Å². The molecule has 2 aromatic carbocycles. The van der Waals surface area contributed by atoms with E-state index < -0.39 is 22.7 Å².